The Labute approximate surface area is 91.1 Å². The highest BCUT2D eigenvalue weighted by molar-refractivity contribution is 5.52. The van der Waals surface area contributed by atoms with Crippen LogP contribution < -0.4 is 4.90 Å². The molecular formula is C12H18N2O. The van der Waals surface area contributed by atoms with Crippen LogP contribution in [0.3, 0.4) is 0 Å². The molecule has 0 heterocycles. The number of nitroso groups, excluding NO2 is 1. The molecule has 3 heteroatoms. The summed E-state index contributed by atoms with van der Waals surface area (Å²) in [6.45, 7) is 6.46. The first kappa shape index (κ1) is 11.7. The minimum Gasteiger partial charge on any atom is -0.372 e. The van der Waals surface area contributed by atoms with Crippen LogP contribution >= 0.6 is 0 Å². The lowest BCUT2D eigenvalue weighted by Crippen LogP contribution is -2.24. The maximum Gasteiger partial charge on any atom is 0.108 e. The molecule has 0 radical (unpaired) electrons. The normalized spacial score (nSPS) is 10.0. The molecule has 1 aromatic carbocycles. The van der Waals surface area contributed by atoms with Crippen molar-refractivity contribution in [2.75, 3.05) is 18.0 Å². The SMILES string of the molecule is CCCN(CCC)c1ccc(N=O)cc1. The first-order valence-electron chi connectivity index (χ1n) is 5.50. The van der Waals surface area contributed by atoms with Gasteiger partial charge in [0, 0.05) is 18.8 Å². The van der Waals surface area contributed by atoms with E-state index < -0.39 is 0 Å². The number of hydrogen-bond acceptors (Lipinski definition) is 3. The molecule has 1 rings (SSSR count). The van der Waals surface area contributed by atoms with E-state index in [1.165, 1.54) is 5.69 Å². The Bertz CT molecular complexity index is 289. The number of benzene rings is 1. The molecular weight excluding hydrogens is 188 g/mol. The van der Waals surface area contributed by atoms with Crippen LogP contribution in [-0.4, -0.2) is 13.1 Å². The van der Waals surface area contributed by atoms with Gasteiger partial charge in [0.2, 0.25) is 0 Å². The van der Waals surface area contributed by atoms with Crippen molar-refractivity contribution in [2.24, 2.45) is 5.18 Å². The van der Waals surface area contributed by atoms with Crippen molar-refractivity contribution >= 4 is 11.4 Å². The molecule has 82 valence electrons. The fraction of sp³-hybridized carbons (Fsp3) is 0.500. The van der Waals surface area contributed by atoms with Crippen LogP contribution in [0.4, 0.5) is 11.4 Å². The Kier molecular flexibility index (Phi) is 4.81. The van der Waals surface area contributed by atoms with Crippen molar-refractivity contribution < 1.29 is 0 Å². The van der Waals surface area contributed by atoms with Crippen molar-refractivity contribution in [3.63, 3.8) is 0 Å². The smallest absolute Gasteiger partial charge is 0.108 e. The minimum atomic E-state index is 0.492. The fourth-order valence-electron chi connectivity index (χ4n) is 1.63. The largest absolute Gasteiger partial charge is 0.372 e. The molecule has 0 atom stereocenters. The number of anilines is 1. The predicted octanol–water partition coefficient (Wildman–Crippen LogP) is 3.71. The number of rotatable bonds is 6. The second-order valence-electron chi connectivity index (χ2n) is 3.59. The van der Waals surface area contributed by atoms with Gasteiger partial charge >= 0.3 is 0 Å². The van der Waals surface area contributed by atoms with E-state index in [9.17, 15) is 4.91 Å². The van der Waals surface area contributed by atoms with E-state index in [1.807, 2.05) is 12.1 Å². The third kappa shape index (κ3) is 3.35. The molecule has 0 fully saturated rings. The van der Waals surface area contributed by atoms with Gasteiger partial charge in [-0.2, -0.15) is 0 Å². The van der Waals surface area contributed by atoms with Crippen LogP contribution in [0, 0.1) is 4.91 Å². The van der Waals surface area contributed by atoms with Crippen molar-refractivity contribution in [3.05, 3.63) is 29.2 Å². The molecule has 0 aromatic heterocycles. The summed E-state index contributed by atoms with van der Waals surface area (Å²) in [5, 5.41) is 2.89. The molecule has 0 aliphatic rings. The topological polar surface area (TPSA) is 32.7 Å². The first-order chi connectivity index (χ1) is 7.31. The summed E-state index contributed by atoms with van der Waals surface area (Å²) in [5.74, 6) is 0. The highest BCUT2D eigenvalue weighted by Gasteiger charge is 2.03. The molecule has 15 heavy (non-hydrogen) atoms. The van der Waals surface area contributed by atoms with Crippen LogP contribution in [0.15, 0.2) is 29.4 Å². The van der Waals surface area contributed by atoms with E-state index in [2.05, 4.69) is 23.9 Å². The lowest BCUT2D eigenvalue weighted by atomic mass is 10.2. The molecule has 3 nitrogen and oxygen atoms in total. The molecule has 0 aliphatic heterocycles. The molecule has 0 bridgehead atoms. The van der Waals surface area contributed by atoms with E-state index in [-0.39, 0.29) is 0 Å². The van der Waals surface area contributed by atoms with Crippen molar-refractivity contribution in [1.82, 2.24) is 0 Å². The zero-order valence-electron chi connectivity index (χ0n) is 9.44. The Morgan fingerprint density at radius 3 is 2.00 bits per heavy atom. The first-order valence-corrected chi connectivity index (χ1v) is 5.50. The van der Waals surface area contributed by atoms with Gasteiger partial charge in [0.25, 0.3) is 0 Å². The van der Waals surface area contributed by atoms with Crippen LogP contribution in [0.1, 0.15) is 26.7 Å². The van der Waals surface area contributed by atoms with Gasteiger partial charge in [-0.3, -0.25) is 0 Å². The molecule has 0 N–H and O–H groups in total. The summed E-state index contributed by atoms with van der Waals surface area (Å²) in [6.07, 6.45) is 2.27. The lowest BCUT2D eigenvalue weighted by molar-refractivity contribution is 0.745. The van der Waals surface area contributed by atoms with E-state index in [1.54, 1.807) is 12.1 Å². The Balaban J connectivity index is 2.76. The van der Waals surface area contributed by atoms with Crippen LogP contribution in [0.5, 0.6) is 0 Å². The van der Waals surface area contributed by atoms with Crippen molar-refractivity contribution in [3.8, 4) is 0 Å². The summed E-state index contributed by atoms with van der Waals surface area (Å²) >= 11 is 0. The highest BCUT2D eigenvalue weighted by atomic mass is 16.3. The molecule has 1 aromatic rings. The van der Waals surface area contributed by atoms with Gasteiger partial charge in [-0.05, 0) is 42.3 Å². The monoisotopic (exact) mass is 206 g/mol. The summed E-state index contributed by atoms with van der Waals surface area (Å²) < 4.78 is 0. The quantitative estimate of drug-likeness (QED) is 0.664. The summed E-state index contributed by atoms with van der Waals surface area (Å²) in [4.78, 5) is 12.6. The van der Waals surface area contributed by atoms with Crippen molar-refractivity contribution in [1.29, 1.82) is 0 Å². The Morgan fingerprint density at radius 2 is 1.60 bits per heavy atom. The molecule has 0 aliphatic carbocycles. The standard InChI is InChI=1S/C12H18N2O/c1-3-9-14(10-4-2)12-7-5-11(13-15)6-8-12/h5-8H,3-4,9-10H2,1-2H3. The summed E-state index contributed by atoms with van der Waals surface area (Å²) in [6, 6.07) is 7.45. The van der Waals surface area contributed by atoms with E-state index in [0.717, 1.165) is 25.9 Å². The number of nitrogens with zero attached hydrogens (tertiary/aromatic N) is 2. The highest BCUT2D eigenvalue weighted by Crippen LogP contribution is 2.19. The maximum atomic E-state index is 10.3. The number of hydrogen-bond donors (Lipinski definition) is 0. The second-order valence-corrected chi connectivity index (χ2v) is 3.59. The zero-order valence-corrected chi connectivity index (χ0v) is 9.44. The van der Waals surface area contributed by atoms with E-state index in [0.29, 0.717) is 5.69 Å². The van der Waals surface area contributed by atoms with Gasteiger partial charge in [0.15, 0.2) is 0 Å². The van der Waals surface area contributed by atoms with Crippen LogP contribution in [-0.2, 0) is 0 Å². The summed E-state index contributed by atoms with van der Waals surface area (Å²) in [5.41, 5.74) is 1.66. The van der Waals surface area contributed by atoms with Crippen molar-refractivity contribution in [2.45, 2.75) is 26.7 Å². The third-order valence-corrected chi connectivity index (χ3v) is 2.31. The van der Waals surface area contributed by atoms with Gasteiger partial charge in [-0.15, -0.1) is 4.91 Å². The van der Waals surface area contributed by atoms with E-state index in [4.69, 9.17) is 0 Å². The predicted molar refractivity (Wildman–Crippen MR) is 64.7 cm³/mol. The molecule has 0 spiro atoms. The van der Waals surface area contributed by atoms with Gasteiger partial charge in [0.1, 0.15) is 5.69 Å². The average Bonchev–Trinajstić information content (AvgIpc) is 2.29. The van der Waals surface area contributed by atoms with Gasteiger partial charge < -0.3 is 4.90 Å². The molecule has 0 amide bonds. The second kappa shape index (κ2) is 6.17. The van der Waals surface area contributed by atoms with Crippen LogP contribution in [0.25, 0.3) is 0 Å². The third-order valence-electron chi connectivity index (χ3n) is 2.31. The van der Waals surface area contributed by atoms with Gasteiger partial charge in [0.05, 0.1) is 0 Å². The maximum absolute atomic E-state index is 10.3. The van der Waals surface area contributed by atoms with E-state index >= 15 is 0 Å². The molecule has 0 saturated heterocycles. The zero-order chi connectivity index (χ0) is 11.1. The lowest BCUT2D eigenvalue weighted by Gasteiger charge is -2.23. The van der Waals surface area contributed by atoms with Gasteiger partial charge in [-0.25, -0.2) is 0 Å². The Morgan fingerprint density at radius 1 is 1.07 bits per heavy atom. The molecule has 0 saturated carbocycles. The fourth-order valence-corrected chi connectivity index (χ4v) is 1.63. The van der Waals surface area contributed by atoms with Gasteiger partial charge in [-0.1, -0.05) is 13.8 Å². The molecule has 0 unspecified atom stereocenters. The average molecular weight is 206 g/mol. The summed E-state index contributed by atoms with van der Waals surface area (Å²) in [7, 11) is 0. The van der Waals surface area contributed by atoms with Crippen LogP contribution in [0.2, 0.25) is 0 Å². The minimum absolute atomic E-state index is 0.492. The Hall–Kier alpha value is -1.38.